The molecule has 0 radical (unpaired) electrons. The molecule has 0 atom stereocenters. The lowest BCUT2D eigenvalue weighted by Crippen LogP contribution is -2.43. The van der Waals surface area contributed by atoms with Gasteiger partial charge in [-0.2, -0.15) is 0 Å². The van der Waals surface area contributed by atoms with Gasteiger partial charge in [0.25, 0.3) is 0 Å². The van der Waals surface area contributed by atoms with E-state index in [9.17, 15) is 0 Å². The number of hydrogen-bond acceptors (Lipinski definition) is 0. The molecule has 22 heavy (non-hydrogen) atoms. The lowest BCUT2D eigenvalue weighted by Gasteiger charge is -2.47. The zero-order valence-corrected chi connectivity index (χ0v) is 13.6. The van der Waals surface area contributed by atoms with E-state index in [4.69, 9.17) is 0 Å². The SMILES string of the molecule is CC1CC23CC(C)CC2(C1)c1ccccc1-c1ccccc13. The van der Waals surface area contributed by atoms with Gasteiger partial charge in [-0.05, 0) is 59.8 Å². The van der Waals surface area contributed by atoms with Crippen LogP contribution in [0.4, 0.5) is 0 Å². The van der Waals surface area contributed by atoms with Crippen molar-refractivity contribution in [3.05, 3.63) is 59.7 Å². The van der Waals surface area contributed by atoms with E-state index < -0.39 is 0 Å². The van der Waals surface area contributed by atoms with Crippen LogP contribution in [0.5, 0.6) is 0 Å². The average Bonchev–Trinajstić information content (AvgIpc) is 2.96. The van der Waals surface area contributed by atoms with Crippen molar-refractivity contribution in [2.24, 2.45) is 11.8 Å². The van der Waals surface area contributed by atoms with Gasteiger partial charge in [0.05, 0.1) is 0 Å². The monoisotopic (exact) mass is 288 g/mol. The average molecular weight is 288 g/mol. The minimum atomic E-state index is 0.400. The first-order valence-corrected chi connectivity index (χ1v) is 8.86. The summed E-state index contributed by atoms with van der Waals surface area (Å²) in [6.07, 6.45) is 5.51. The van der Waals surface area contributed by atoms with Gasteiger partial charge in [-0.3, -0.25) is 0 Å². The molecule has 0 nitrogen and oxygen atoms in total. The number of fused-ring (bicyclic) bond motifs is 3. The van der Waals surface area contributed by atoms with E-state index >= 15 is 0 Å². The molecule has 0 bridgehead atoms. The highest BCUT2D eigenvalue weighted by atomic mass is 14.7. The van der Waals surface area contributed by atoms with E-state index in [1.54, 1.807) is 11.1 Å². The van der Waals surface area contributed by atoms with Gasteiger partial charge in [-0.15, -0.1) is 0 Å². The van der Waals surface area contributed by atoms with Crippen LogP contribution in [-0.4, -0.2) is 0 Å². The van der Waals surface area contributed by atoms with Crippen molar-refractivity contribution in [3.8, 4) is 11.1 Å². The third kappa shape index (κ3) is 1.31. The van der Waals surface area contributed by atoms with Gasteiger partial charge in [0.1, 0.15) is 0 Å². The number of hydrogen-bond donors (Lipinski definition) is 0. The van der Waals surface area contributed by atoms with E-state index in [2.05, 4.69) is 62.4 Å². The van der Waals surface area contributed by atoms with E-state index in [1.165, 1.54) is 36.8 Å². The maximum Gasteiger partial charge on any atom is 0.00614 e. The Morgan fingerprint density at radius 3 is 1.41 bits per heavy atom. The fourth-order valence-corrected chi connectivity index (χ4v) is 6.70. The van der Waals surface area contributed by atoms with Crippen LogP contribution in [0.1, 0.15) is 50.7 Å². The molecule has 0 heterocycles. The van der Waals surface area contributed by atoms with Crippen LogP contribution >= 0.6 is 0 Å². The first kappa shape index (κ1) is 12.9. The van der Waals surface area contributed by atoms with Crippen LogP contribution in [0.25, 0.3) is 11.1 Å². The molecule has 0 aliphatic heterocycles. The maximum atomic E-state index is 2.48. The first-order valence-electron chi connectivity index (χ1n) is 8.86. The fourth-order valence-electron chi connectivity index (χ4n) is 6.70. The predicted octanol–water partition coefficient (Wildman–Crippen LogP) is 5.70. The number of rotatable bonds is 0. The summed E-state index contributed by atoms with van der Waals surface area (Å²) in [6.45, 7) is 4.95. The molecule has 3 aliphatic rings. The van der Waals surface area contributed by atoms with Crippen molar-refractivity contribution >= 4 is 0 Å². The summed E-state index contributed by atoms with van der Waals surface area (Å²) in [5.74, 6) is 1.68. The van der Waals surface area contributed by atoms with Crippen molar-refractivity contribution in [3.63, 3.8) is 0 Å². The molecule has 112 valence electrons. The topological polar surface area (TPSA) is 0 Å². The molecule has 0 aromatic heterocycles. The Balaban J connectivity index is 1.92. The normalized spacial score (nSPS) is 38.1. The molecular weight excluding hydrogens is 264 g/mol. The van der Waals surface area contributed by atoms with Crippen LogP contribution in [0.2, 0.25) is 0 Å². The highest BCUT2D eigenvalue weighted by Gasteiger charge is 2.65. The molecule has 0 spiro atoms. The summed E-state index contributed by atoms with van der Waals surface area (Å²) < 4.78 is 0. The summed E-state index contributed by atoms with van der Waals surface area (Å²) >= 11 is 0. The smallest absolute Gasteiger partial charge is 0.00614 e. The number of benzene rings is 2. The second-order valence-electron chi connectivity index (χ2n) is 8.28. The molecule has 5 rings (SSSR count). The van der Waals surface area contributed by atoms with Crippen LogP contribution in [-0.2, 0) is 10.8 Å². The molecule has 2 fully saturated rings. The Morgan fingerprint density at radius 1 is 0.636 bits per heavy atom. The summed E-state index contributed by atoms with van der Waals surface area (Å²) in [5, 5.41) is 0. The van der Waals surface area contributed by atoms with Gasteiger partial charge in [0, 0.05) is 10.8 Å². The van der Waals surface area contributed by atoms with Gasteiger partial charge < -0.3 is 0 Å². The van der Waals surface area contributed by atoms with E-state index in [0.29, 0.717) is 10.8 Å². The third-order valence-corrected chi connectivity index (χ3v) is 6.88. The second-order valence-corrected chi connectivity index (χ2v) is 8.28. The summed E-state index contributed by atoms with van der Waals surface area (Å²) in [6, 6.07) is 18.6. The lowest BCUT2D eigenvalue weighted by molar-refractivity contribution is 0.299. The molecule has 0 N–H and O–H groups in total. The van der Waals surface area contributed by atoms with Crippen LogP contribution in [0, 0.1) is 11.8 Å². The van der Waals surface area contributed by atoms with Crippen molar-refractivity contribution in [1.29, 1.82) is 0 Å². The van der Waals surface area contributed by atoms with Gasteiger partial charge in [-0.25, -0.2) is 0 Å². The molecule has 0 amide bonds. The Hall–Kier alpha value is -1.56. The lowest BCUT2D eigenvalue weighted by atomic mass is 9.55. The highest BCUT2D eigenvalue weighted by molar-refractivity contribution is 5.78. The maximum absolute atomic E-state index is 2.48. The zero-order chi connectivity index (χ0) is 14.9. The summed E-state index contributed by atoms with van der Waals surface area (Å²) in [5.41, 5.74) is 7.13. The van der Waals surface area contributed by atoms with Gasteiger partial charge in [0.2, 0.25) is 0 Å². The molecule has 2 aromatic carbocycles. The Labute approximate surface area is 133 Å². The second kappa shape index (κ2) is 4.04. The molecular formula is C22H24. The molecule has 0 unspecified atom stereocenters. The quantitative estimate of drug-likeness (QED) is 0.583. The van der Waals surface area contributed by atoms with Crippen molar-refractivity contribution in [1.82, 2.24) is 0 Å². The largest absolute Gasteiger partial charge is 0.0624 e. The van der Waals surface area contributed by atoms with E-state index in [1.807, 2.05) is 0 Å². The van der Waals surface area contributed by atoms with Crippen molar-refractivity contribution < 1.29 is 0 Å². The standard InChI is InChI=1S/C22H24/c1-15-11-21-13-16(2)14-22(21,12-15)20-10-6-4-8-18(20)17-7-3-5-9-19(17)21/h3-10,15-16H,11-14H2,1-2H3. The highest BCUT2D eigenvalue weighted by Crippen LogP contribution is 2.71. The fraction of sp³-hybridized carbons (Fsp3) is 0.455. The molecule has 0 heteroatoms. The molecule has 2 saturated carbocycles. The molecule has 2 aromatic rings. The van der Waals surface area contributed by atoms with E-state index in [-0.39, 0.29) is 0 Å². The molecule has 0 saturated heterocycles. The van der Waals surface area contributed by atoms with Crippen molar-refractivity contribution in [2.75, 3.05) is 0 Å². The summed E-state index contributed by atoms with van der Waals surface area (Å²) in [7, 11) is 0. The van der Waals surface area contributed by atoms with Crippen molar-refractivity contribution in [2.45, 2.75) is 50.4 Å². The van der Waals surface area contributed by atoms with Gasteiger partial charge in [0.15, 0.2) is 0 Å². The van der Waals surface area contributed by atoms with Gasteiger partial charge >= 0.3 is 0 Å². The minimum Gasteiger partial charge on any atom is -0.0624 e. The first-order chi connectivity index (χ1) is 10.7. The predicted molar refractivity (Wildman–Crippen MR) is 92.0 cm³/mol. The Morgan fingerprint density at radius 2 is 1.00 bits per heavy atom. The zero-order valence-electron chi connectivity index (χ0n) is 13.6. The minimum absolute atomic E-state index is 0.400. The van der Waals surface area contributed by atoms with Crippen LogP contribution in [0.3, 0.4) is 0 Å². The Bertz CT molecular complexity index is 677. The molecule has 3 aliphatic carbocycles. The van der Waals surface area contributed by atoms with E-state index in [0.717, 1.165) is 11.8 Å². The summed E-state index contributed by atoms with van der Waals surface area (Å²) in [4.78, 5) is 0. The van der Waals surface area contributed by atoms with Crippen LogP contribution in [0.15, 0.2) is 48.5 Å². The third-order valence-electron chi connectivity index (χ3n) is 6.88. The Kier molecular flexibility index (Phi) is 2.38. The van der Waals surface area contributed by atoms with Gasteiger partial charge in [-0.1, -0.05) is 62.4 Å². The van der Waals surface area contributed by atoms with Crippen LogP contribution < -0.4 is 0 Å².